The van der Waals surface area contributed by atoms with E-state index in [0.29, 0.717) is 6.54 Å². The van der Waals surface area contributed by atoms with Gasteiger partial charge in [0.15, 0.2) is 0 Å². The van der Waals surface area contributed by atoms with E-state index in [9.17, 15) is 0 Å². The average Bonchev–Trinajstić information content (AvgIpc) is 2.44. The van der Waals surface area contributed by atoms with Gasteiger partial charge >= 0.3 is 0 Å². The second-order valence-corrected chi connectivity index (χ2v) is 3.64. The molecule has 0 amide bonds. The molecule has 0 radical (unpaired) electrons. The van der Waals surface area contributed by atoms with E-state index in [1.54, 1.807) is 6.20 Å². The zero-order valence-corrected chi connectivity index (χ0v) is 8.66. The third kappa shape index (κ3) is 1.47. The van der Waals surface area contributed by atoms with Gasteiger partial charge in [-0.2, -0.15) is 0 Å². The molecule has 2 heterocycles. The smallest absolute Gasteiger partial charge is 0.140 e. The van der Waals surface area contributed by atoms with E-state index in [4.69, 9.17) is 5.73 Å². The zero-order valence-electron chi connectivity index (χ0n) is 7.07. The third-order valence-electron chi connectivity index (χ3n) is 1.96. The van der Waals surface area contributed by atoms with Crippen molar-refractivity contribution in [1.82, 2.24) is 9.55 Å². The molecule has 2 rings (SSSR count). The van der Waals surface area contributed by atoms with Crippen LogP contribution in [0.1, 0.15) is 0 Å². The summed E-state index contributed by atoms with van der Waals surface area (Å²) >= 11 is 3.48. The van der Waals surface area contributed by atoms with Gasteiger partial charge in [0, 0.05) is 24.7 Å². The van der Waals surface area contributed by atoms with Gasteiger partial charge in [-0.25, -0.2) is 4.98 Å². The number of halogens is 1. The number of nitrogens with two attached hydrogens (primary N) is 1. The Bertz CT molecular complexity index is 422. The van der Waals surface area contributed by atoms with Crippen molar-refractivity contribution >= 4 is 27.0 Å². The molecule has 0 aliphatic heterocycles. The monoisotopic (exact) mass is 239 g/mol. The van der Waals surface area contributed by atoms with E-state index in [-0.39, 0.29) is 0 Å². The van der Waals surface area contributed by atoms with Crippen molar-refractivity contribution in [3.05, 3.63) is 29.0 Å². The summed E-state index contributed by atoms with van der Waals surface area (Å²) in [6.07, 6.45) is 1.79. The molecule has 0 saturated carbocycles. The van der Waals surface area contributed by atoms with Gasteiger partial charge in [-0.3, -0.25) is 0 Å². The van der Waals surface area contributed by atoms with E-state index in [0.717, 1.165) is 22.2 Å². The molecular formula is C9H10BrN3. The molecule has 2 aromatic rings. The molecule has 0 aliphatic carbocycles. The first-order chi connectivity index (χ1) is 6.33. The van der Waals surface area contributed by atoms with Gasteiger partial charge in [-0.15, -0.1) is 0 Å². The number of fused-ring (bicyclic) bond motifs is 1. The fourth-order valence-electron chi connectivity index (χ4n) is 1.40. The van der Waals surface area contributed by atoms with Gasteiger partial charge in [0.25, 0.3) is 0 Å². The Morgan fingerprint density at radius 1 is 1.54 bits per heavy atom. The van der Waals surface area contributed by atoms with E-state index >= 15 is 0 Å². The highest BCUT2D eigenvalue weighted by molar-refractivity contribution is 9.10. The standard InChI is InChI=1S/C9H10BrN3/c10-8-6-7-2-1-4-12-9(7)13(8)5-3-11/h1-2,4,6H,3,5,11H2. The Labute approximate surface area is 84.7 Å². The van der Waals surface area contributed by atoms with Gasteiger partial charge < -0.3 is 10.3 Å². The quantitative estimate of drug-likeness (QED) is 0.869. The second-order valence-electron chi connectivity index (χ2n) is 2.82. The molecule has 0 spiro atoms. The zero-order chi connectivity index (χ0) is 9.26. The van der Waals surface area contributed by atoms with Crippen LogP contribution in [0.2, 0.25) is 0 Å². The Balaban J connectivity index is 2.64. The Hall–Kier alpha value is -0.870. The summed E-state index contributed by atoms with van der Waals surface area (Å²) in [4.78, 5) is 4.30. The van der Waals surface area contributed by atoms with Gasteiger partial charge in [-0.05, 0) is 34.1 Å². The number of pyridine rings is 1. The van der Waals surface area contributed by atoms with Gasteiger partial charge in [0.05, 0.1) is 4.60 Å². The van der Waals surface area contributed by atoms with Crippen LogP contribution in [-0.4, -0.2) is 16.1 Å². The maximum Gasteiger partial charge on any atom is 0.140 e. The lowest BCUT2D eigenvalue weighted by Crippen LogP contribution is -2.10. The Morgan fingerprint density at radius 3 is 3.15 bits per heavy atom. The summed E-state index contributed by atoms with van der Waals surface area (Å²) in [6, 6.07) is 6.03. The molecular weight excluding hydrogens is 230 g/mol. The molecule has 3 nitrogen and oxygen atoms in total. The van der Waals surface area contributed by atoms with Crippen molar-refractivity contribution in [1.29, 1.82) is 0 Å². The number of hydrogen-bond donors (Lipinski definition) is 1. The minimum absolute atomic E-state index is 0.624. The molecule has 0 fully saturated rings. The van der Waals surface area contributed by atoms with E-state index in [1.807, 2.05) is 12.1 Å². The largest absolute Gasteiger partial charge is 0.329 e. The van der Waals surface area contributed by atoms with Gasteiger partial charge in [0.2, 0.25) is 0 Å². The Morgan fingerprint density at radius 2 is 2.38 bits per heavy atom. The molecule has 0 atom stereocenters. The van der Waals surface area contributed by atoms with Crippen molar-refractivity contribution in [3.8, 4) is 0 Å². The highest BCUT2D eigenvalue weighted by Gasteiger charge is 2.05. The average molecular weight is 240 g/mol. The molecule has 4 heteroatoms. The minimum atomic E-state index is 0.624. The molecule has 0 saturated heterocycles. The topological polar surface area (TPSA) is 43.8 Å². The first kappa shape index (κ1) is 8.72. The van der Waals surface area contributed by atoms with Crippen molar-refractivity contribution in [2.24, 2.45) is 5.73 Å². The van der Waals surface area contributed by atoms with Crippen molar-refractivity contribution in [3.63, 3.8) is 0 Å². The van der Waals surface area contributed by atoms with Crippen LogP contribution in [0, 0.1) is 0 Å². The predicted molar refractivity (Wildman–Crippen MR) is 56.5 cm³/mol. The molecule has 0 aromatic carbocycles. The van der Waals surface area contributed by atoms with Crippen molar-refractivity contribution in [2.75, 3.05) is 6.54 Å². The molecule has 2 aromatic heterocycles. The van der Waals surface area contributed by atoms with E-state index in [1.165, 1.54) is 0 Å². The number of nitrogens with zero attached hydrogens (tertiary/aromatic N) is 2. The molecule has 2 N–H and O–H groups in total. The summed E-state index contributed by atoms with van der Waals surface area (Å²) in [5, 5.41) is 1.14. The SMILES string of the molecule is NCCn1c(Br)cc2cccnc21. The second kappa shape index (κ2) is 3.47. The third-order valence-corrected chi connectivity index (χ3v) is 2.61. The molecule has 13 heavy (non-hydrogen) atoms. The lowest BCUT2D eigenvalue weighted by molar-refractivity contribution is 0.715. The van der Waals surface area contributed by atoms with Crippen LogP contribution in [0.5, 0.6) is 0 Å². The van der Waals surface area contributed by atoms with E-state index < -0.39 is 0 Å². The number of rotatable bonds is 2. The normalized spacial score (nSPS) is 10.9. The Kier molecular flexibility index (Phi) is 2.33. The van der Waals surface area contributed by atoms with E-state index in [2.05, 4.69) is 31.5 Å². The first-order valence-electron chi connectivity index (χ1n) is 4.13. The number of hydrogen-bond acceptors (Lipinski definition) is 2. The van der Waals surface area contributed by atoms with Crippen LogP contribution in [-0.2, 0) is 6.54 Å². The highest BCUT2D eigenvalue weighted by atomic mass is 79.9. The fourth-order valence-corrected chi connectivity index (χ4v) is 1.99. The molecule has 0 aliphatic rings. The van der Waals surface area contributed by atoms with Crippen LogP contribution in [0.3, 0.4) is 0 Å². The first-order valence-corrected chi connectivity index (χ1v) is 4.92. The van der Waals surface area contributed by atoms with Crippen molar-refractivity contribution < 1.29 is 0 Å². The highest BCUT2D eigenvalue weighted by Crippen LogP contribution is 2.21. The summed E-state index contributed by atoms with van der Waals surface area (Å²) in [7, 11) is 0. The lowest BCUT2D eigenvalue weighted by atomic mass is 10.3. The molecule has 0 unspecified atom stereocenters. The summed E-state index contributed by atoms with van der Waals surface area (Å²) < 4.78 is 3.10. The minimum Gasteiger partial charge on any atom is -0.329 e. The molecule has 68 valence electrons. The van der Waals surface area contributed by atoms with Gasteiger partial charge in [-0.1, -0.05) is 0 Å². The fraction of sp³-hybridized carbons (Fsp3) is 0.222. The summed E-state index contributed by atoms with van der Waals surface area (Å²) in [6.45, 7) is 1.42. The summed E-state index contributed by atoms with van der Waals surface area (Å²) in [5.41, 5.74) is 6.50. The van der Waals surface area contributed by atoms with Crippen LogP contribution in [0.25, 0.3) is 11.0 Å². The van der Waals surface area contributed by atoms with Crippen LogP contribution < -0.4 is 5.73 Å². The maximum atomic E-state index is 5.51. The lowest BCUT2D eigenvalue weighted by Gasteiger charge is -2.02. The molecule has 0 bridgehead atoms. The van der Waals surface area contributed by atoms with Crippen LogP contribution in [0.15, 0.2) is 29.0 Å². The summed E-state index contributed by atoms with van der Waals surface area (Å²) in [5.74, 6) is 0. The number of aromatic nitrogens is 2. The van der Waals surface area contributed by atoms with Crippen LogP contribution in [0.4, 0.5) is 0 Å². The van der Waals surface area contributed by atoms with Crippen LogP contribution >= 0.6 is 15.9 Å². The predicted octanol–water partition coefficient (Wildman–Crippen LogP) is 1.76. The van der Waals surface area contributed by atoms with Gasteiger partial charge in [0.1, 0.15) is 5.65 Å². The maximum absolute atomic E-state index is 5.51. The van der Waals surface area contributed by atoms with Crippen molar-refractivity contribution in [2.45, 2.75) is 6.54 Å².